The fourth-order valence-corrected chi connectivity index (χ4v) is 1.29. The monoisotopic (exact) mass is 264 g/mol. The second-order valence-corrected chi connectivity index (χ2v) is 3.49. The van der Waals surface area contributed by atoms with Gasteiger partial charge in [-0.05, 0) is 11.6 Å². The average molecular weight is 264 g/mol. The number of carbonyl (C=O) groups excluding carboxylic acids is 1. The van der Waals surface area contributed by atoms with Gasteiger partial charge in [-0.3, -0.25) is 14.9 Å². The first kappa shape index (κ1) is 14.4. The summed E-state index contributed by atoms with van der Waals surface area (Å²) in [6.07, 6.45) is 0. The van der Waals surface area contributed by atoms with Gasteiger partial charge in [-0.2, -0.15) is 5.26 Å². The highest BCUT2D eigenvalue weighted by atomic mass is 16.6. The Morgan fingerprint density at radius 3 is 2.89 bits per heavy atom. The van der Waals surface area contributed by atoms with Crippen molar-refractivity contribution in [2.45, 2.75) is 6.54 Å². The van der Waals surface area contributed by atoms with Crippen LogP contribution in [0.2, 0.25) is 0 Å². The SMILES string of the molecule is N#CCNC(=O)COc1ccc(CN)cc1[N+](=O)[O-]. The number of nitrogens with two attached hydrogens (primary N) is 1. The number of nitrogens with one attached hydrogen (secondary N) is 1. The van der Waals surface area contributed by atoms with E-state index in [9.17, 15) is 14.9 Å². The predicted molar refractivity (Wildman–Crippen MR) is 65.1 cm³/mol. The molecule has 8 heteroatoms. The van der Waals surface area contributed by atoms with E-state index in [2.05, 4.69) is 5.32 Å². The van der Waals surface area contributed by atoms with Crippen molar-refractivity contribution in [1.82, 2.24) is 5.32 Å². The Bertz CT molecular complexity index is 524. The van der Waals surface area contributed by atoms with Gasteiger partial charge in [0.2, 0.25) is 0 Å². The van der Waals surface area contributed by atoms with Crippen molar-refractivity contribution in [3.05, 3.63) is 33.9 Å². The van der Waals surface area contributed by atoms with E-state index in [1.54, 1.807) is 12.1 Å². The van der Waals surface area contributed by atoms with Crippen molar-refractivity contribution < 1.29 is 14.5 Å². The maximum absolute atomic E-state index is 11.2. The molecule has 1 aromatic carbocycles. The summed E-state index contributed by atoms with van der Waals surface area (Å²) in [5.74, 6) is -0.548. The van der Waals surface area contributed by atoms with Crippen LogP contribution in [0, 0.1) is 21.4 Å². The molecule has 0 spiro atoms. The van der Waals surface area contributed by atoms with Crippen LogP contribution < -0.4 is 15.8 Å². The third-order valence-electron chi connectivity index (χ3n) is 2.18. The Kier molecular flexibility index (Phi) is 5.25. The van der Waals surface area contributed by atoms with Gasteiger partial charge in [0.05, 0.1) is 11.0 Å². The minimum absolute atomic E-state index is 0.0192. The van der Waals surface area contributed by atoms with Gasteiger partial charge >= 0.3 is 5.69 Å². The summed E-state index contributed by atoms with van der Waals surface area (Å²) in [4.78, 5) is 21.4. The van der Waals surface area contributed by atoms with E-state index < -0.39 is 17.4 Å². The summed E-state index contributed by atoms with van der Waals surface area (Å²) in [6.45, 7) is -0.370. The topological polar surface area (TPSA) is 131 Å². The molecule has 0 fully saturated rings. The standard InChI is InChI=1S/C11H12N4O4/c12-3-4-14-11(16)7-19-10-2-1-8(6-13)5-9(10)15(17)18/h1-2,5H,4,6-7,13H2,(H,14,16). The van der Waals surface area contributed by atoms with Crippen LogP contribution in [-0.4, -0.2) is 24.0 Å². The molecule has 0 unspecified atom stereocenters. The van der Waals surface area contributed by atoms with Gasteiger partial charge in [0.1, 0.15) is 6.54 Å². The van der Waals surface area contributed by atoms with Crippen molar-refractivity contribution in [2.24, 2.45) is 5.73 Å². The number of carbonyl (C=O) groups is 1. The van der Waals surface area contributed by atoms with Gasteiger partial charge in [0, 0.05) is 12.6 Å². The van der Waals surface area contributed by atoms with Crippen LogP contribution >= 0.6 is 0 Å². The molecule has 3 N–H and O–H groups in total. The lowest BCUT2D eigenvalue weighted by atomic mass is 10.2. The largest absolute Gasteiger partial charge is 0.477 e. The minimum atomic E-state index is -0.609. The second-order valence-electron chi connectivity index (χ2n) is 3.49. The normalized spacial score (nSPS) is 9.47. The van der Waals surface area contributed by atoms with Gasteiger partial charge in [0.25, 0.3) is 5.91 Å². The lowest BCUT2D eigenvalue weighted by Gasteiger charge is -2.07. The molecule has 0 saturated heterocycles. The lowest BCUT2D eigenvalue weighted by Crippen LogP contribution is -2.29. The van der Waals surface area contributed by atoms with Crippen LogP contribution in [0.15, 0.2) is 18.2 Å². The summed E-state index contributed by atoms with van der Waals surface area (Å²) < 4.78 is 5.05. The Labute approximate surface area is 108 Å². The maximum Gasteiger partial charge on any atom is 0.311 e. The molecule has 1 amide bonds. The summed E-state index contributed by atoms with van der Waals surface area (Å²) in [7, 11) is 0. The molecule has 0 radical (unpaired) electrons. The smallest absolute Gasteiger partial charge is 0.311 e. The molecule has 0 bridgehead atoms. The molecular formula is C11H12N4O4. The minimum Gasteiger partial charge on any atom is -0.477 e. The molecule has 0 saturated carbocycles. The number of benzene rings is 1. The number of nitro groups is 1. The molecule has 8 nitrogen and oxygen atoms in total. The Balaban J connectivity index is 2.75. The van der Waals surface area contributed by atoms with Crippen molar-refractivity contribution in [3.63, 3.8) is 0 Å². The highest BCUT2D eigenvalue weighted by Crippen LogP contribution is 2.27. The molecule has 1 aromatic rings. The number of nitrogens with zero attached hydrogens (tertiary/aromatic N) is 2. The van der Waals surface area contributed by atoms with E-state index in [4.69, 9.17) is 15.7 Å². The number of nitro benzene ring substituents is 1. The van der Waals surface area contributed by atoms with Crippen molar-refractivity contribution in [2.75, 3.05) is 13.2 Å². The van der Waals surface area contributed by atoms with E-state index >= 15 is 0 Å². The molecule has 0 aromatic heterocycles. The highest BCUT2D eigenvalue weighted by Gasteiger charge is 2.16. The van der Waals surface area contributed by atoms with Gasteiger partial charge in [0.15, 0.2) is 12.4 Å². The van der Waals surface area contributed by atoms with E-state index in [1.165, 1.54) is 12.1 Å². The van der Waals surface area contributed by atoms with Gasteiger partial charge in [-0.25, -0.2) is 0 Å². The Morgan fingerprint density at radius 2 is 2.32 bits per heavy atom. The molecule has 0 aliphatic heterocycles. The highest BCUT2D eigenvalue weighted by molar-refractivity contribution is 5.77. The number of amides is 1. The quantitative estimate of drug-likeness (QED) is 0.424. The summed E-state index contributed by atoms with van der Waals surface area (Å²) >= 11 is 0. The van der Waals surface area contributed by atoms with Gasteiger partial charge in [-0.1, -0.05) is 6.07 Å². The van der Waals surface area contributed by atoms with Crippen molar-refractivity contribution in [1.29, 1.82) is 5.26 Å². The first-order valence-electron chi connectivity index (χ1n) is 5.32. The predicted octanol–water partition coefficient (Wildman–Crippen LogP) is 0.0721. The van der Waals surface area contributed by atoms with Gasteiger partial charge in [-0.15, -0.1) is 0 Å². The van der Waals surface area contributed by atoms with E-state index in [-0.39, 0.29) is 24.5 Å². The summed E-state index contributed by atoms with van der Waals surface area (Å²) in [5.41, 5.74) is 5.72. The van der Waals surface area contributed by atoms with Crippen LogP contribution in [-0.2, 0) is 11.3 Å². The number of rotatable bonds is 6. The molecule has 0 atom stereocenters. The number of nitriles is 1. The van der Waals surface area contributed by atoms with E-state index in [0.29, 0.717) is 5.56 Å². The number of hydrogen-bond acceptors (Lipinski definition) is 6. The van der Waals surface area contributed by atoms with E-state index in [1.807, 2.05) is 0 Å². The molecule has 19 heavy (non-hydrogen) atoms. The fourth-order valence-electron chi connectivity index (χ4n) is 1.29. The summed E-state index contributed by atoms with van der Waals surface area (Å²) in [5, 5.41) is 21.4. The zero-order chi connectivity index (χ0) is 14.3. The zero-order valence-corrected chi connectivity index (χ0v) is 9.96. The van der Waals surface area contributed by atoms with Crippen molar-refractivity contribution in [3.8, 4) is 11.8 Å². The first-order valence-corrected chi connectivity index (χ1v) is 5.32. The molecule has 1 rings (SSSR count). The van der Waals surface area contributed by atoms with Crippen LogP contribution in [0.4, 0.5) is 5.69 Å². The van der Waals surface area contributed by atoms with Crippen molar-refractivity contribution >= 4 is 11.6 Å². The fraction of sp³-hybridized carbons (Fsp3) is 0.273. The van der Waals surface area contributed by atoms with Crippen LogP contribution in [0.1, 0.15) is 5.56 Å². The zero-order valence-electron chi connectivity index (χ0n) is 9.96. The third kappa shape index (κ3) is 4.25. The molecule has 0 heterocycles. The molecule has 0 aliphatic carbocycles. The van der Waals surface area contributed by atoms with E-state index in [0.717, 1.165) is 0 Å². The molecular weight excluding hydrogens is 252 g/mol. The Morgan fingerprint density at radius 1 is 1.58 bits per heavy atom. The number of ether oxygens (including phenoxy) is 1. The average Bonchev–Trinajstić information content (AvgIpc) is 2.42. The van der Waals surface area contributed by atoms with Crippen LogP contribution in [0.3, 0.4) is 0 Å². The lowest BCUT2D eigenvalue weighted by molar-refractivity contribution is -0.385. The summed E-state index contributed by atoms with van der Waals surface area (Å²) in [6, 6.07) is 5.99. The first-order chi connectivity index (χ1) is 9.08. The second kappa shape index (κ2) is 6.93. The van der Waals surface area contributed by atoms with Crippen LogP contribution in [0.5, 0.6) is 5.75 Å². The maximum atomic E-state index is 11.2. The molecule has 0 aliphatic rings. The Hall–Kier alpha value is -2.66. The molecule has 100 valence electrons. The van der Waals surface area contributed by atoms with Gasteiger partial charge < -0.3 is 15.8 Å². The van der Waals surface area contributed by atoms with Crippen LogP contribution in [0.25, 0.3) is 0 Å². The third-order valence-corrected chi connectivity index (χ3v) is 2.18. The number of hydrogen-bond donors (Lipinski definition) is 2.